The topological polar surface area (TPSA) is 68.3 Å². The van der Waals surface area contributed by atoms with Crippen LogP contribution in [0, 0.1) is 47.3 Å². The van der Waals surface area contributed by atoms with Crippen LogP contribution >= 0.6 is 0 Å². The van der Waals surface area contributed by atoms with E-state index in [0.717, 1.165) is 49.5 Å². The smallest absolute Gasteiger partial charge is 0.133 e. The summed E-state index contributed by atoms with van der Waals surface area (Å²) in [5, 5.41) is 11.9. The average Bonchev–Trinajstić information content (AvgIpc) is 3.72. The van der Waals surface area contributed by atoms with Gasteiger partial charge in [-0.05, 0) is 121 Å². The number of aliphatic hydroxyl groups excluding tert-OH is 1. The Balaban J connectivity index is 1.24. The summed E-state index contributed by atoms with van der Waals surface area (Å²) in [5.74, 6) is 3.13. The molecule has 5 nitrogen and oxygen atoms in total. The van der Waals surface area contributed by atoms with Gasteiger partial charge in [-0.15, -0.1) is 0 Å². The molecule has 2 aliphatic carbocycles. The number of hydrogen-bond donors (Lipinski definition) is 1. The van der Waals surface area contributed by atoms with Gasteiger partial charge in [0.2, 0.25) is 0 Å². The molecule has 3 aliphatic heterocycles. The van der Waals surface area contributed by atoms with Gasteiger partial charge in [-0.3, -0.25) is 4.79 Å². The number of hydrogen-bond acceptors (Lipinski definition) is 5. The third-order valence-corrected chi connectivity index (χ3v) is 12.9. The lowest BCUT2D eigenvalue weighted by Gasteiger charge is -2.43. The largest absolute Gasteiger partial charge is 0.392 e. The number of epoxide rings is 1. The predicted molar refractivity (Wildman–Crippen MR) is 173 cm³/mol. The van der Waals surface area contributed by atoms with Crippen molar-refractivity contribution in [2.45, 2.75) is 148 Å². The van der Waals surface area contributed by atoms with E-state index in [4.69, 9.17) is 14.2 Å². The molecule has 5 heteroatoms. The van der Waals surface area contributed by atoms with Crippen LogP contribution in [0.4, 0.5) is 0 Å². The number of rotatable bonds is 11. The van der Waals surface area contributed by atoms with Crippen LogP contribution in [0.25, 0.3) is 0 Å². The summed E-state index contributed by atoms with van der Waals surface area (Å²) in [6.07, 6.45) is 14.3. The zero-order valence-corrected chi connectivity index (χ0v) is 28.0. The van der Waals surface area contributed by atoms with Crippen LogP contribution in [-0.4, -0.2) is 54.1 Å². The molecule has 1 N–H and O–H groups in total. The second-order valence-electron chi connectivity index (χ2n) is 15.7. The molecule has 5 aliphatic rings. The van der Waals surface area contributed by atoms with E-state index in [-0.39, 0.29) is 35.4 Å². The Hall–Kier alpha value is -1.01. The molecule has 0 amide bonds. The third-order valence-electron chi connectivity index (χ3n) is 12.9. The Bertz CT molecular complexity index is 991. The van der Waals surface area contributed by atoms with Crippen LogP contribution < -0.4 is 0 Å². The fourth-order valence-electron chi connectivity index (χ4n) is 10.2. The number of aliphatic hydroxyl groups is 1. The molecule has 43 heavy (non-hydrogen) atoms. The molecule has 5 fully saturated rings. The van der Waals surface area contributed by atoms with Gasteiger partial charge in [-0.2, -0.15) is 0 Å². The standard InChI is InChI=1S/C38H62O5/c1-8-29-17-15-27-12-10-14-33(32(27)22-41-29)38(7)36(43-38)20-28(25(6)39)19-34(40)37(24(4)5)30-13-9-11-26-16-18-35(23(2)3)42-21-31(26)30/h26-37,40H,2,4,8-22H2,1,3,5-7H3. The number of Topliss-reactive ketones (excluding diaryl/α,β-unsaturated/α-hetero) is 1. The second kappa shape index (κ2) is 14.2. The lowest BCUT2D eigenvalue weighted by Crippen LogP contribution is -2.42. The molecular weight excluding hydrogens is 536 g/mol. The highest BCUT2D eigenvalue weighted by Crippen LogP contribution is 2.56. The van der Waals surface area contributed by atoms with E-state index in [9.17, 15) is 9.90 Å². The van der Waals surface area contributed by atoms with Gasteiger partial charge in [0, 0.05) is 11.8 Å². The molecule has 3 saturated heterocycles. The molecule has 0 aromatic rings. The second-order valence-corrected chi connectivity index (χ2v) is 15.7. The number of ether oxygens (including phenoxy) is 3. The van der Waals surface area contributed by atoms with E-state index in [1.165, 1.54) is 51.4 Å². The lowest BCUT2D eigenvalue weighted by atomic mass is 9.63. The Morgan fingerprint density at radius 3 is 2.26 bits per heavy atom. The van der Waals surface area contributed by atoms with Crippen LogP contribution in [0.15, 0.2) is 24.3 Å². The summed E-state index contributed by atoms with van der Waals surface area (Å²) in [5.41, 5.74) is 1.98. The maximum Gasteiger partial charge on any atom is 0.133 e. The van der Waals surface area contributed by atoms with Gasteiger partial charge in [0.15, 0.2) is 0 Å². The Labute approximate surface area is 262 Å². The summed E-state index contributed by atoms with van der Waals surface area (Å²) in [6, 6.07) is 0. The maximum atomic E-state index is 13.1. The van der Waals surface area contributed by atoms with Crippen LogP contribution in [0.5, 0.6) is 0 Å². The molecule has 3 heterocycles. The number of carbonyl (C=O) groups excluding carboxylic acids is 1. The van der Waals surface area contributed by atoms with Gasteiger partial charge in [0.1, 0.15) is 5.78 Å². The minimum atomic E-state index is -0.583. The molecular formula is C38H62O5. The Kier molecular flexibility index (Phi) is 11.0. The Morgan fingerprint density at radius 2 is 1.58 bits per heavy atom. The monoisotopic (exact) mass is 598 g/mol. The van der Waals surface area contributed by atoms with Crippen molar-refractivity contribution >= 4 is 5.78 Å². The molecule has 0 radical (unpaired) electrons. The van der Waals surface area contributed by atoms with Gasteiger partial charge in [0.25, 0.3) is 0 Å². The summed E-state index contributed by atoms with van der Waals surface area (Å²) in [6.45, 7) is 20.5. The first-order valence-corrected chi connectivity index (χ1v) is 17.9. The average molecular weight is 599 g/mol. The third kappa shape index (κ3) is 7.36. The lowest BCUT2D eigenvalue weighted by molar-refractivity contribution is -0.122. The van der Waals surface area contributed by atoms with Gasteiger partial charge in [-0.1, -0.05) is 56.9 Å². The number of fused-ring (bicyclic) bond motifs is 2. The molecule has 244 valence electrons. The summed E-state index contributed by atoms with van der Waals surface area (Å²) >= 11 is 0. The molecule has 0 spiro atoms. The fourth-order valence-corrected chi connectivity index (χ4v) is 10.2. The zero-order chi connectivity index (χ0) is 30.9. The van der Waals surface area contributed by atoms with Crippen molar-refractivity contribution in [3.8, 4) is 0 Å². The van der Waals surface area contributed by atoms with Crippen LogP contribution in [0.3, 0.4) is 0 Å². The van der Waals surface area contributed by atoms with Crippen molar-refractivity contribution in [3.05, 3.63) is 24.3 Å². The van der Waals surface area contributed by atoms with E-state index in [2.05, 4.69) is 40.9 Å². The SMILES string of the molecule is C=C(C)C1CCC2CCCC(C(C(=C)C)C(O)CC(CC3OC3(C)C3CCCC4CCC(CC)OCC43)C(C)=O)C2CO1. The van der Waals surface area contributed by atoms with Crippen molar-refractivity contribution in [2.75, 3.05) is 13.2 Å². The summed E-state index contributed by atoms with van der Waals surface area (Å²) < 4.78 is 19.3. The van der Waals surface area contributed by atoms with Crippen LogP contribution in [0.2, 0.25) is 0 Å². The van der Waals surface area contributed by atoms with E-state index in [1.54, 1.807) is 6.92 Å². The van der Waals surface area contributed by atoms with Crippen molar-refractivity contribution in [1.29, 1.82) is 0 Å². The highest BCUT2D eigenvalue weighted by molar-refractivity contribution is 5.78. The highest BCUT2D eigenvalue weighted by Gasteiger charge is 2.61. The number of carbonyl (C=O) groups is 1. The Morgan fingerprint density at radius 1 is 0.907 bits per heavy atom. The summed E-state index contributed by atoms with van der Waals surface area (Å²) in [7, 11) is 0. The molecule has 2 saturated carbocycles. The van der Waals surface area contributed by atoms with Crippen molar-refractivity contribution in [1.82, 2.24) is 0 Å². The predicted octanol–water partition coefficient (Wildman–Crippen LogP) is 8.09. The fraction of sp³-hybridized carbons (Fsp3) is 0.868. The first-order valence-electron chi connectivity index (χ1n) is 17.9. The molecule has 13 unspecified atom stereocenters. The van der Waals surface area contributed by atoms with Gasteiger partial charge < -0.3 is 19.3 Å². The highest BCUT2D eigenvalue weighted by atomic mass is 16.6. The molecule has 5 rings (SSSR count). The van der Waals surface area contributed by atoms with E-state index in [1.807, 2.05) is 0 Å². The normalized spacial score (nSPS) is 41.9. The molecule has 0 aromatic heterocycles. The molecule has 0 bridgehead atoms. The van der Waals surface area contributed by atoms with Gasteiger partial charge in [0.05, 0.1) is 43.2 Å². The molecule has 13 atom stereocenters. The van der Waals surface area contributed by atoms with Crippen LogP contribution in [0.1, 0.15) is 118 Å². The number of ketones is 1. The van der Waals surface area contributed by atoms with Crippen molar-refractivity contribution < 1.29 is 24.1 Å². The van der Waals surface area contributed by atoms with Gasteiger partial charge in [-0.25, -0.2) is 0 Å². The maximum absolute atomic E-state index is 13.1. The van der Waals surface area contributed by atoms with E-state index < -0.39 is 6.10 Å². The van der Waals surface area contributed by atoms with Crippen molar-refractivity contribution in [3.63, 3.8) is 0 Å². The van der Waals surface area contributed by atoms with E-state index >= 15 is 0 Å². The van der Waals surface area contributed by atoms with Crippen LogP contribution in [-0.2, 0) is 19.0 Å². The quantitative estimate of drug-likeness (QED) is 0.192. The molecule has 0 aromatic carbocycles. The minimum absolute atomic E-state index is 0.0140. The first-order chi connectivity index (χ1) is 20.5. The first kappa shape index (κ1) is 33.4. The minimum Gasteiger partial charge on any atom is -0.392 e. The zero-order valence-electron chi connectivity index (χ0n) is 28.0. The summed E-state index contributed by atoms with van der Waals surface area (Å²) in [4.78, 5) is 13.1. The van der Waals surface area contributed by atoms with Gasteiger partial charge >= 0.3 is 0 Å². The van der Waals surface area contributed by atoms with Crippen molar-refractivity contribution in [2.24, 2.45) is 47.3 Å². The van der Waals surface area contributed by atoms with E-state index in [0.29, 0.717) is 48.5 Å².